The van der Waals surface area contributed by atoms with Crippen molar-refractivity contribution in [3.8, 4) is 27.5 Å². The number of aryl methyl sites for hydroxylation is 2. The number of hydrogen-bond donors (Lipinski definition) is 7. The topological polar surface area (TPSA) is 265 Å². The summed E-state index contributed by atoms with van der Waals surface area (Å²) in [6.45, 7) is 7.54. The van der Waals surface area contributed by atoms with Crippen LogP contribution >= 0.6 is 11.3 Å². The highest BCUT2D eigenvalue weighted by molar-refractivity contribution is 7.13. The van der Waals surface area contributed by atoms with Gasteiger partial charge in [0.1, 0.15) is 17.8 Å². The van der Waals surface area contributed by atoms with Crippen LogP contribution in [-0.4, -0.2) is 129 Å². The van der Waals surface area contributed by atoms with E-state index in [9.17, 15) is 48.2 Å². The monoisotopic (exact) mass is 1090 g/mol. The van der Waals surface area contributed by atoms with Crippen LogP contribution in [0.3, 0.4) is 0 Å². The Morgan fingerprint density at radius 1 is 0.923 bits per heavy atom. The maximum absolute atomic E-state index is 14.7. The Kier molecular flexibility index (Phi) is 17.8. The van der Waals surface area contributed by atoms with Crippen LogP contribution in [0.25, 0.3) is 21.8 Å². The molecule has 7 amide bonds. The fourth-order valence-corrected chi connectivity index (χ4v) is 10.6. The van der Waals surface area contributed by atoms with Crippen molar-refractivity contribution in [2.45, 2.75) is 128 Å². The summed E-state index contributed by atoms with van der Waals surface area (Å²) in [5, 5.41) is 39.8. The SMILES string of the molecule is Cc1ncsc1-c1ccc(C(CC(=O)NCCCCCC(=O)NCCN(C)C(=O)c2ccc(-c3cc(C(=O)N[C@@H]4CCc5ccccc54)no3)cc2O)NC(=O)[C@@H]2C[C@@H](O)CN2C(=O)C(NC(=O)C2(F)CC2)C(C)(C)C)cc1. The maximum atomic E-state index is 14.7. The molecule has 2 fully saturated rings. The van der Waals surface area contributed by atoms with E-state index >= 15 is 0 Å². The van der Waals surface area contributed by atoms with Gasteiger partial charge in [0.2, 0.25) is 23.6 Å². The standard InChI is InChI=1S/C57H68FN9O10S/c1-33-49(78-32-61-33)36-16-14-35(15-17-36)42(63-52(73)44-28-38(68)31-67(44)54(75)50(56(2,3)4)64-55(76)57(58)22-23-57)30-48(71)59-24-10-6-7-13-47(70)60-25-26-66(5)53(74)40-20-18-37(27-45(40)69)46-29-43(65-77-46)51(72)62-41-21-19-34-11-8-9-12-39(34)41/h8-9,11-12,14-18,20,27,29,32,38,41-42,44,50,68-69H,6-7,10,13,19,21-26,28,30-31H2,1-5H3,(H,59,71)(H,60,70)(H,62,72)(H,63,73)(H,64,76)/t38-,41-,42?,44+,50?/m1/s1. The van der Waals surface area contributed by atoms with E-state index in [2.05, 4.69) is 42.8 Å². The number of benzene rings is 3. The maximum Gasteiger partial charge on any atom is 0.273 e. The molecule has 3 aromatic carbocycles. The minimum atomic E-state index is -2.03. The fraction of sp³-hybridized carbons (Fsp3) is 0.456. The van der Waals surface area contributed by atoms with E-state index in [0.29, 0.717) is 36.9 Å². The van der Waals surface area contributed by atoms with Gasteiger partial charge in [-0.3, -0.25) is 33.6 Å². The van der Waals surface area contributed by atoms with E-state index in [0.717, 1.165) is 34.5 Å². The van der Waals surface area contributed by atoms with Gasteiger partial charge in [0.15, 0.2) is 17.1 Å². The molecule has 0 radical (unpaired) electrons. The average Bonchev–Trinajstić information content (AvgIpc) is 3.97. The number of phenolic OH excluding ortho intramolecular Hbond substituents is 1. The second-order valence-corrected chi connectivity index (χ2v) is 22.5. The number of β-amino-alcohol motifs (C(OH)–C–C–N with tert-alkyl or cyclic N) is 1. The van der Waals surface area contributed by atoms with E-state index in [1.165, 1.54) is 44.9 Å². The zero-order valence-corrected chi connectivity index (χ0v) is 45.3. The molecular formula is C57H68FN9O10S. The van der Waals surface area contributed by atoms with Gasteiger partial charge in [-0.1, -0.05) is 86.9 Å². The molecule has 414 valence electrons. The Morgan fingerprint density at radius 2 is 1.65 bits per heavy atom. The van der Waals surface area contributed by atoms with Crippen LogP contribution < -0.4 is 26.6 Å². The number of likely N-dealkylation sites (N-methyl/N-ethyl adjacent to an activating group) is 1. The summed E-state index contributed by atoms with van der Waals surface area (Å²) in [4.78, 5) is 101. The molecule has 7 N–H and O–H groups in total. The predicted molar refractivity (Wildman–Crippen MR) is 288 cm³/mol. The number of rotatable bonds is 22. The lowest BCUT2D eigenvalue weighted by Crippen LogP contribution is -2.59. The van der Waals surface area contributed by atoms with Gasteiger partial charge < -0.3 is 51.1 Å². The number of aromatic hydroxyl groups is 1. The summed E-state index contributed by atoms with van der Waals surface area (Å²) < 4.78 is 20.2. The van der Waals surface area contributed by atoms with Crippen LogP contribution in [-0.2, 0) is 30.4 Å². The molecule has 1 saturated carbocycles. The van der Waals surface area contributed by atoms with Crippen molar-refractivity contribution in [1.29, 1.82) is 0 Å². The van der Waals surface area contributed by atoms with E-state index in [1.807, 2.05) is 49.4 Å². The van der Waals surface area contributed by atoms with Gasteiger partial charge in [-0.15, -0.1) is 11.3 Å². The quantitative estimate of drug-likeness (QED) is 0.0394. The Hall–Kier alpha value is -7.52. The van der Waals surface area contributed by atoms with Gasteiger partial charge in [0.25, 0.3) is 17.7 Å². The molecule has 3 aliphatic rings. The lowest BCUT2D eigenvalue weighted by Gasteiger charge is -2.36. The summed E-state index contributed by atoms with van der Waals surface area (Å²) in [7, 11) is 1.56. The van der Waals surface area contributed by atoms with E-state index in [1.54, 1.807) is 39.4 Å². The molecule has 8 rings (SSSR count). The Balaban J connectivity index is 0.773. The molecule has 5 atom stereocenters. The normalized spacial score (nSPS) is 18.0. The number of aromatic nitrogens is 2. The number of unbranched alkanes of at least 4 members (excludes halogenated alkanes) is 2. The zero-order chi connectivity index (χ0) is 55.9. The number of nitrogens with zero attached hydrogens (tertiary/aromatic N) is 4. The smallest absolute Gasteiger partial charge is 0.273 e. The Labute approximate surface area is 456 Å². The van der Waals surface area contributed by atoms with Crippen LogP contribution in [0.5, 0.6) is 5.75 Å². The van der Waals surface area contributed by atoms with Gasteiger partial charge in [0, 0.05) is 57.7 Å². The van der Waals surface area contributed by atoms with Crippen LogP contribution in [0.1, 0.15) is 134 Å². The van der Waals surface area contributed by atoms with Crippen LogP contribution in [0.4, 0.5) is 4.39 Å². The Morgan fingerprint density at radius 3 is 2.36 bits per heavy atom. The third-order valence-electron chi connectivity index (χ3n) is 14.6. The van der Waals surface area contributed by atoms with Crippen molar-refractivity contribution in [2.24, 2.45) is 5.41 Å². The van der Waals surface area contributed by atoms with Crippen LogP contribution in [0.2, 0.25) is 0 Å². The van der Waals surface area contributed by atoms with Crippen molar-refractivity contribution in [2.75, 3.05) is 33.2 Å². The number of nitrogens with one attached hydrogen (secondary N) is 5. The fourth-order valence-electron chi connectivity index (χ4n) is 9.84. The summed E-state index contributed by atoms with van der Waals surface area (Å²) in [5.74, 6) is -3.56. The number of amides is 7. The summed E-state index contributed by atoms with van der Waals surface area (Å²) in [6, 6.07) is 18.0. The van der Waals surface area contributed by atoms with Gasteiger partial charge in [0.05, 0.1) is 46.3 Å². The van der Waals surface area contributed by atoms with Crippen LogP contribution in [0, 0.1) is 12.3 Å². The Bertz CT molecular complexity index is 3020. The summed E-state index contributed by atoms with van der Waals surface area (Å²) in [5.41, 5.74) is 4.10. The molecule has 1 aliphatic heterocycles. The molecule has 5 aromatic rings. The molecule has 3 heterocycles. The number of alkyl halides is 1. The minimum Gasteiger partial charge on any atom is -0.507 e. The third kappa shape index (κ3) is 13.8. The molecule has 1 saturated heterocycles. The van der Waals surface area contributed by atoms with E-state index < -0.39 is 58.9 Å². The second-order valence-electron chi connectivity index (χ2n) is 21.6. The first-order valence-corrected chi connectivity index (χ1v) is 27.3. The number of hydrogen-bond acceptors (Lipinski definition) is 13. The largest absolute Gasteiger partial charge is 0.507 e. The van der Waals surface area contributed by atoms with Crippen molar-refractivity contribution < 1.29 is 52.7 Å². The first kappa shape index (κ1) is 56.7. The first-order chi connectivity index (χ1) is 37.2. The molecule has 78 heavy (non-hydrogen) atoms. The number of aliphatic hydroxyl groups is 1. The minimum absolute atomic E-state index is 0.0420. The number of carbonyl (C=O) groups excluding carboxylic acids is 7. The predicted octanol–water partition coefficient (Wildman–Crippen LogP) is 6.00. The highest BCUT2D eigenvalue weighted by atomic mass is 32.1. The number of halogens is 1. The number of likely N-dealkylation sites (tertiary alicyclic amines) is 1. The summed E-state index contributed by atoms with van der Waals surface area (Å²) in [6.07, 6.45) is 2.45. The molecule has 19 nitrogen and oxygen atoms in total. The van der Waals surface area contributed by atoms with E-state index in [4.69, 9.17) is 4.52 Å². The van der Waals surface area contributed by atoms with Crippen molar-refractivity contribution in [3.63, 3.8) is 0 Å². The average molecular weight is 1090 g/mol. The molecule has 0 bridgehead atoms. The number of phenols is 1. The number of aliphatic hydroxyl groups excluding tert-OH is 1. The second kappa shape index (κ2) is 24.4. The van der Waals surface area contributed by atoms with Crippen molar-refractivity contribution in [1.82, 2.24) is 46.5 Å². The molecule has 2 unspecified atom stereocenters. The molecular weight excluding hydrogens is 1020 g/mol. The number of carbonyl (C=O) groups is 7. The zero-order valence-electron chi connectivity index (χ0n) is 44.5. The molecule has 2 aliphatic carbocycles. The van der Waals surface area contributed by atoms with Crippen molar-refractivity contribution in [3.05, 3.63) is 112 Å². The van der Waals surface area contributed by atoms with Gasteiger partial charge in [-0.25, -0.2) is 9.37 Å². The van der Waals surface area contributed by atoms with Gasteiger partial charge >= 0.3 is 0 Å². The van der Waals surface area contributed by atoms with Crippen molar-refractivity contribution >= 4 is 52.7 Å². The molecule has 0 spiro atoms. The highest BCUT2D eigenvalue weighted by Gasteiger charge is 2.53. The number of fused-ring (bicyclic) bond motifs is 1. The number of thiazole rings is 1. The van der Waals surface area contributed by atoms with Gasteiger partial charge in [-0.2, -0.15) is 0 Å². The third-order valence-corrected chi connectivity index (χ3v) is 15.6. The molecule has 21 heteroatoms. The first-order valence-electron chi connectivity index (χ1n) is 26.5. The van der Waals surface area contributed by atoms with E-state index in [-0.39, 0.29) is 98.3 Å². The highest BCUT2D eigenvalue weighted by Crippen LogP contribution is 2.41. The lowest BCUT2D eigenvalue weighted by atomic mass is 9.85. The van der Waals surface area contributed by atoms with Crippen LogP contribution in [0.15, 0.2) is 82.8 Å². The summed E-state index contributed by atoms with van der Waals surface area (Å²) >= 11 is 1.49. The van der Waals surface area contributed by atoms with Gasteiger partial charge in [-0.05, 0) is 85.3 Å². The lowest BCUT2D eigenvalue weighted by molar-refractivity contribution is -0.145. The molecule has 2 aromatic heterocycles.